The number of anilines is 1. The molecule has 0 radical (unpaired) electrons. The summed E-state index contributed by atoms with van der Waals surface area (Å²) in [6, 6.07) is 9.71. The van der Waals surface area contributed by atoms with Crippen molar-refractivity contribution in [1.29, 1.82) is 0 Å². The fourth-order valence-corrected chi connectivity index (χ4v) is 4.89. The minimum absolute atomic E-state index is 0.186. The first-order valence-corrected chi connectivity index (χ1v) is 14.3. The van der Waals surface area contributed by atoms with E-state index in [0.29, 0.717) is 46.9 Å². The number of aromatic amines is 1. The second-order valence-electron chi connectivity index (χ2n) is 10.5. The number of hydrogen-bond donors (Lipinski definition) is 2. The molecule has 0 atom stereocenters. The van der Waals surface area contributed by atoms with E-state index < -0.39 is 21.3 Å². The van der Waals surface area contributed by atoms with Crippen LogP contribution in [0.4, 0.5) is 5.69 Å². The second-order valence-corrected chi connectivity index (χ2v) is 12.2. The van der Waals surface area contributed by atoms with Crippen LogP contribution in [0.15, 0.2) is 52.2 Å². The summed E-state index contributed by atoms with van der Waals surface area (Å²) in [5, 5.41) is 0. The molecule has 0 bridgehead atoms. The van der Waals surface area contributed by atoms with Gasteiger partial charge < -0.3 is 9.64 Å². The zero-order chi connectivity index (χ0) is 28.5. The van der Waals surface area contributed by atoms with E-state index in [2.05, 4.69) is 9.71 Å². The number of sulfonamides is 1. The van der Waals surface area contributed by atoms with Crippen LogP contribution in [0.5, 0.6) is 5.75 Å². The lowest BCUT2D eigenvalue weighted by atomic mass is 9.84. The van der Waals surface area contributed by atoms with Crippen LogP contribution >= 0.6 is 0 Å². The molecule has 2 aromatic carbocycles. The van der Waals surface area contributed by atoms with Gasteiger partial charge in [-0.2, -0.15) is 0 Å². The predicted molar refractivity (Wildman–Crippen MR) is 152 cm³/mol. The minimum Gasteiger partial charge on any atom is -0.496 e. The molecule has 1 aliphatic heterocycles. The van der Waals surface area contributed by atoms with Crippen molar-refractivity contribution in [2.75, 3.05) is 31.2 Å². The first-order valence-electron chi connectivity index (χ1n) is 12.4. The Morgan fingerprint density at radius 2 is 1.74 bits per heavy atom. The van der Waals surface area contributed by atoms with E-state index in [4.69, 9.17) is 4.74 Å². The number of carbonyl (C=O) groups is 1. The molecule has 10 nitrogen and oxygen atoms in total. The van der Waals surface area contributed by atoms with Gasteiger partial charge in [-0.25, -0.2) is 13.2 Å². The number of carbonyl (C=O) groups excluding carboxylic acids is 1. The molecule has 2 heterocycles. The Hall–Kier alpha value is -4.12. The molecule has 11 heteroatoms. The lowest BCUT2D eigenvalue weighted by molar-refractivity contribution is 0.0651. The number of amides is 1. The topological polar surface area (TPSA) is 131 Å². The highest BCUT2D eigenvalue weighted by Crippen LogP contribution is 2.37. The van der Waals surface area contributed by atoms with Crippen molar-refractivity contribution in [2.45, 2.75) is 32.6 Å². The number of hydrogen-bond acceptors (Lipinski definition) is 6. The van der Waals surface area contributed by atoms with Gasteiger partial charge in [0.15, 0.2) is 0 Å². The molecule has 4 rings (SSSR count). The Morgan fingerprint density at radius 1 is 1.05 bits per heavy atom. The van der Waals surface area contributed by atoms with E-state index in [-0.39, 0.29) is 11.3 Å². The first kappa shape index (κ1) is 27.9. The molecule has 1 fully saturated rings. The average Bonchev–Trinajstić information content (AvgIpc) is 2.80. The summed E-state index contributed by atoms with van der Waals surface area (Å²) in [6.45, 7) is 7.36. The highest BCUT2D eigenvalue weighted by molar-refractivity contribution is 7.92. The van der Waals surface area contributed by atoms with Crippen molar-refractivity contribution in [3.05, 3.63) is 85.7 Å². The maximum atomic E-state index is 13.2. The number of H-pyrrole nitrogens is 1. The predicted octanol–water partition coefficient (Wildman–Crippen LogP) is 3.22. The van der Waals surface area contributed by atoms with Crippen molar-refractivity contribution >= 4 is 33.8 Å². The smallest absolute Gasteiger partial charge is 0.332 e. The largest absolute Gasteiger partial charge is 0.496 e. The van der Waals surface area contributed by atoms with Gasteiger partial charge in [0, 0.05) is 47.7 Å². The third kappa shape index (κ3) is 6.31. The van der Waals surface area contributed by atoms with Gasteiger partial charge in [-0.15, -0.1) is 0 Å². The fraction of sp³-hybridized carbons (Fsp3) is 0.321. The van der Waals surface area contributed by atoms with E-state index in [0.717, 1.165) is 18.2 Å². The third-order valence-electron chi connectivity index (χ3n) is 6.39. The van der Waals surface area contributed by atoms with Crippen LogP contribution in [0.3, 0.4) is 0 Å². The molecule has 1 aliphatic rings. The fourth-order valence-electron chi connectivity index (χ4n) is 4.34. The Labute approximate surface area is 227 Å². The highest BCUT2D eigenvalue weighted by atomic mass is 32.2. The minimum atomic E-state index is -3.52. The standard InChI is InChI=1S/C28H32N4O6S/c1-28(2,3)23-17-21(32-14-11-24(33)29-27(32)35)15-19(25(23)38-4)8-7-18-9-10-20(30-39(5,36)37)16-22(18)26(34)31-12-6-13-31/h7-11,14-17,30H,6,12-13H2,1-5H3,(H,29,33,35)/b8-7+. The number of aromatic nitrogens is 2. The van der Waals surface area contributed by atoms with Gasteiger partial charge in [0.1, 0.15) is 5.75 Å². The van der Waals surface area contributed by atoms with Crippen molar-refractivity contribution in [3.8, 4) is 11.4 Å². The third-order valence-corrected chi connectivity index (χ3v) is 7.00. The summed E-state index contributed by atoms with van der Waals surface area (Å²) < 4.78 is 33.1. The summed E-state index contributed by atoms with van der Waals surface area (Å²) in [5.74, 6) is 0.417. The second kappa shape index (κ2) is 10.6. The van der Waals surface area contributed by atoms with E-state index in [1.54, 1.807) is 42.4 Å². The molecular formula is C28H32N4O6S. The van der Waals surface area contributed by atoms with Gasteiger partial charge in [-0.05, 0) is 41.7 Å². The van der Waals surface area contributed by atoms with Gasteiger partial charge in [0.2, 0.25) is 10.0 Å². The normalized spacial score (nSPS) is 13.8. The maximum Gasteiger partial charge on any atom is 0.332 e. The number of ether oxygens (including phenoxy) is 1. The van der Waals surface area contributed by atoms with Crippen molar-refractivity contribution in [2.24, 2.45) is 0 Å². The summed E-state index contributed by atoms with van der Waals surface area (Å²) in [5.41, 5.74) is 1.86. The number of methoxy groups -OCH3 is 1. The average molecular weight is 553 g/mol. The van der Waals surface area contributed by atoms with Crippen molar-refractivity contribution in [1.82, 2.24) is 14.5 Å². The van der Waals surface area contributed by atoms with Crippen molar-refractivity contribution in [3.63, 3.8) is 0 Å². The number of likely N-dealkylation sites (tertiary alicyclic amines) is 1. The molecule has 0 unspecified atom stereocenters. The lowest BCUT2D eigenvalue weighted by Gasteiger charge is -2.31. The highest BCUT2D eigenvalue weighted by Gasteiger charge is 2.25. The Kier molecular flexibility index (Phi) is 7.56. The van der Waals surface area contributed by atoms with Gasteiger partial charge >= 0.3 is 5.69 Å². The molecule has 206 valence electrons. The number of rotatable bonds is 7. The number of nitrogens with zero attached hydrogens (tertiary/aromatic N) is 2. The van der Waals surface area contributed by atoms with Crippen LogP contribution in [0.1, 0.15) is 54.2 Å². The molecular weight excluding hydrogens is 520 g/mol. The molecule has 1 aromatic heterocycles. The molecule has 1 amide bonds. The van der Waals surface area contributed by atoms with Gasteiger partial charge in [-0.1, -0.05) is 39.0 Å². The monoisotopic (exact) mass is 552 g/mol. The Bertz CT molecular complexity index is 1680. The summed E-state index contributed by atoms with van der Waals surface area (Å²) >= 11 is 0. The van der Waals surface area contributed by atoms with Gasteiger partial charge in [-0.3, -0.25) is 23.9 Å². The lowest BCUT2D eigenvalue weighted by Crippen LogP contribution is -2.42. The van der Waals surface area contributed by atoms with Crippen LogP contribution in [-0.4, -0.2) is 55.2 Å². The molecule has 0 saturated carbocycles. The van der Waals surface area contributed by atoms with E-state index in [1.165, 1.54) is 22.9 Å². The SMILES string of the molecule is COc1c(/C=C/c2ccc(NS(C)(=O)=O)cc2C(=O)N2CCC2)cc(-n2ccc(=O)[nH]c2=O)cc1C(C)(C)C. The maximum absolute atomic E-state index is 13.2. The first-order chi connectivity index (χ1) is 18.3. The number of benzene rings is 2. The van der Waals surface area contributed by atoms with Crippen LogP contribution in [0, 0.1) is 0 Å². The van der Waals surface area contributed by atoms with E-state index in [1.807, 2.05) is 26.8 Å². The molecule has 39 heavy (non-hydrogen) atoms. The van der Waals surface area contributed by atoms with Gasteiger partial charge in [0.25, 0.3) is 11.5 Å². The molecule has 2 N–H and O–H groups in total. The molecule has 0 spiro atoms. The van der Waals surface area contributed by atoms with Crippen molar-refractivity contribution < 1.29 is 17.9 Å². The van der Waals surface area contributed by atoms with Crippen LogP contribution < -0.4 is 20.7 Å². The zero-order valence-electron chi connectivity index (χ0n) is 22.6. The quantitative estimate of drug-likeness (QED) is 0.433. The summed E-state index contributed by atoms with van der Waals surface area (Å²) in [6.07, 6.45) is 6.95. The molecule has 3 aromatic rings. The van der Waals surface area contributed by atoms with E-state index in [9.17, 15) is 22.8 Å². The van der Waals surface area contributed by atoms with Crippen LogP contribution in [-0.2, 0) is 15.4 Å². The van der Waals surface area contributed by atoms with E-state index >= 15 is 0 Å². The molecule has 0 aliphatic carbocycles. The van der Waals surface area contributed by atoms with Gasteiger partial charge in [0.05, 0.1) is 19.1 Å². The zero-order valence-corrected chi connectivity index (χ0v) is 23.4. The molecule has 1 saturated heterocycles. The number of nitrogens with one attached hydrogen (secondary N) is 2. The Balaban J connectivity index is 1.86. The van der Waals surface area contributed by atoms with Crippen LogP contribution in [0.25, 0.3) is 17.8 Å². The Morgan fingerprint density at radius 3 is 2.31 bits per heavy atom. The summed E-state index contributed by atoms with van der Waals surface area (Å²) in [7, 11) is -1.96. The summed E-state index contributed by atoms with van der Waals surface area (Å²) in [4.78, 5) is 41.4. The van der Waals surface area contributed by atoms with Crippen LogP contribution in [0.2, 0.25) is 0 Å².